The second-order valence-electron chi connectivity index (χ2n) is 6.42. The van der Waals surface area contributed by atoms with Crippen LogP contribution in [0.25, 0.3) is 11.0 Å². The molecule has 0 radical (unpaired) electrons. The van der Waals surface area contributed by atoms with E-state index in [1.807, 2.05) is 13.8 Å². The van der Waals surface area contributed by atoms with Gasteiger partial charge >= 0.3 is 5.97 Å². The number of H-pyrrole nitrogens is 1. The maximum absolute atomic E-state index is 13.0. The SMILES string of the molecule is Cc1nc2ccc(C(=O)N3Cc4[nH]cnc4C[C@@H]3C(=O)O)cc2nc1C. The van der Waals surface area contributed by atoms with Crippen molar-refractivity contribution in [3.8, 4) is 0 Å². The number of carboxylic acid groups (broad SMARTS) is 1. The van der Waals surface area contributed by atoms with Crippen LogP contribution in [-0.2, 0) is 17.8 Å². The van der Waals surface area contributed by atoms with Gasteiger partial charge < -0.3 is 15.0 Å². The summed E-state index contributed by atoms with van der Waals surface area (Å²) < 4.78 is 0. The van der Waals surface area contributed by atoms with Gasteiger partial charge in [-0.15, -0.1) is 0 Å². The first-order chi connectivity index (χ1) is 12.4. The average molecular weight is 351 g/mol. The minimum Gasteiger partial charge on any atom is -0.480 e. The van der Waals surface area contributed by atoms with Crippen molar-refractivity contribution >= 4 is 22.9 Å². The molecule has 8 nitrogen and oxygen atoms in total. The molecule has 26 heavy (non-hydrogen) atoms. The molecule has 0 bridgehead atoms. The molecule has 0 aliphatic carbocycles. The predicted octanol–water partition coefficient (Wildman–Crippen LogP) is 1.62. The first-order valence-corrected chi connectivity index (χ1v) is 8.24. The van der Waals surface area contributed by atoms with Gasteiger partial charge in [-0.05, 0) is 32.0 Å². The van der Waals surface area contributed by atoms with Gasteiger partial charge in [0.05, 0.1) is 46.7 Å². The van der Waals surface area contributed by atoms with Crippen LogP contribution in [-0.4, -0.2) is 47.9 Å². The van der Waals surface area contributed by atoms with Crippen molar-refractivity contribution in [2.45, 2.75) is 32.9 Å². The van der Waals surface area contributed by atoms with E-state index in [-0.39, 0.29) is 18.9 Å². The van der Waals surface area contributed by atoms with Crippen molar-refractivity contribution in [2.75, 3.05) is 0 Å². The van der Waals surface area contributed by atoms with E-state index in [2.05, 4.69) is 19.9 Å². The van der Waals surface area contributed by atoms with Crippen LogP contribution < -0.4 is 0 Å². The first-order valence-electron chi connectivity index (χ1n) is 8.24. The Hall–Kier alpha value is -3.29. The highest BCUT2D eigenvalue weighted by Crippen LogP contribution is 2.24. The van der Waals surface area contributed by atoms with E-state index in [9.17, 15) is 14.7 Å². The molecule has 3 aromatic rings. The molecular formula is C18H17N5O3. The smallest absolute Gasteiger partial charge is 0.326 e. The molecule has 4 rings (SSSR count). The molecule has 1 aliphatic rings. The lowest BCUT2D eigenvalue weighted by molar-refractivity contribution is -0.142. The summed E-state index contributed by atoms with van der Waals surface area (Å²) in [5.74, 6) is -1.39. The Bertz CT molecular complexity index is 1040. The third-order valence-electron chi connectivity index (χ3n) is 4.77. The topological polar surface area (TPSA) is 112 Å². The summed E-state index contributed by atoms with van der Waals surface area (Å²) in [7, 11) is 0. The fourth-order valence-electron chi connectivity index (χ4n) is 3.20. The van der Waals surface area contributed by atoms with Gasteiger partial charge in [-0.25, -0.2) is 19.7 Å². The molecule has 2 aromatic heterocycles. The molecule has 0 saturated carbocycles. The zero-order valence-electron chi connectivity index (χ0n) is 14.4. The van der Waals surface area contributed by atoms with Gasteiger partial charge in [-0.2, -0.15) is 0 Å². The third kappa shape index (κ3) is 2.59. The summed E-state index contributed by atoms with van der Waals surface area (Å²) in [6.07, 6.45) is 1.71. The highest BCUT2D eigenvalue weighted by molar-refractivity contribution is 5.99. The Balaban J connectivity index is 1.73. The second kappa shape index (κ2) is 5.91. The normalized spacial score (nSPS) is 16.5. The number of imidazole rings is 1. The number of aryl methyl sites for hydroxylation is 2. The summed E-state index contributed by atoms with van der Waals surface area (Å²) in [6, 6.07) is 4.12. The van der Waals surface area contributed by atoms with E-state index in [4.69, 9.17) is 0 Å². The molecule has 0 unspecified atom stereocenters. The summed E-state index contributed by atoms with van der Waals surface area (Å²) in [6.45, 7) is 3.93. The Morgan fingerprint density at radius 2 is 1.92 bits per heavy atom. The maximum atomic E-state index is 13.0. The first kappa shape index (κ1) is 16.2. The number of aliphatic carboxylic acids is 1. The summed E-state index contributed by atoms with van der Waals surface area (Å²) in [4.78, 5) is 42.1. The van der Waals surface area contributed by atoms with Crippen molar-refractivity contribution in [3.05, 3.63) is 52.9 Å². The number of fused-ring (bicyclic) bond motifs is 2. The van der Waals surface area contributed by atoms with Crippen LogP contribution >= 0.6 is 0 Å². The molecule has 0 saturated heterocycles. The average Bonchev–Trinajstić information content (AvgIpc) is 3.08. The van der Waals surface area contributed by atoms with Gasteiger partial charge in [0.1, 0.15) is 6.04 Å². The Morgan fingerprint density at radius 3 is 2.65 bits per heavy atom. The molecule has 1 amide bonds. The Kier molecular flexibility index (Phi) is 3.68. The van der Waals surface area contributed by atoms with Crippen molar-refractivity contribution in [3.63, 3.8) is 0 Å². The van der Waals surface area contributed by atoms with Crippen LogP contribution in [0.4, 0.5) is 0 Å². The quantitative estimate of drug-likeness (QED) is 0.725. The van der Waals surface area contributed by atoms with Gasteiger partial charge in [0, 0.05) is 12.0 Å². The number of amides is 1. The van der Waals surface area contributed by atoms with Gasteiger partial charge in [0.2, 0.25) is 0 Å². The highest BCUT2D eigenvalue weighted by atomic mass is 16.4. The second-order valence-corrected chi connectivity index (χ2v) is 6.42. The van der Waals surface area contributed by atoms with Gasteiger partial charge in [0.15, 0.2) is 0 Å². The minimum atomic E-state index is -1.04. The third-order valence-corrected chi connectivity index (χ3v) is 4.77. The summed E-state index contributed by atoms with van der Waals surface area (Å²) in [5, 5.41) is 9.55. The predicted molar refractivity (Wildman–Crippen MR) is 92.6 cm³/mol. The molecule has 1 aromatic carbocycles. The van der Waals surface area contributed by atoms with Crippen LogP contribution in [0.15, 0.2) is 24.5 Å². The van der Waals surface area contributed by atoms with Crippen LogP contribution in [0, 0.1) is 13.8 Å². The van der Waals surface area contributed by atoms with Crippen molar-refractivity contribution in [1.29, 1.82) is 0 Å². The summed E-state index contributed by atoms with van der Waals surface area (Å²) >= 11 is 0. The minimum absolute atomic E-state index is 0.182. The van der Waals surface area contributed by atoms with E-state index in [1.165, 1.54) is 11.2 Å². The van der Waals surface area contributed by atoms with Crippen LogP contribution in [0.5, 0.6) is 0 Å². The van der Waals surface area contributed by atoms with E-state index in [1.54, 1.807) is 18.2 Å². The van der Waals surface area contributed by atoms with E-state index < -0.39 is 12.0 Å². The number of benzene rings is 1. The lowest BCUT2D eigenvalue weighted by Gasteiger charge is -2.32. The number of rotatable bonds is 2. The standard InChI is InChI=1S/C18H17N5O3/c1-9-10(2)22-14-5-11(3-4-12(14)21-9)17(24)23-7-15-13(19-8-20-15)6-16(23)18(25)26/h3-5,8,16H,6-7H2,1-2H3,(H,19,20)(H,25,26)/t16-/m1/s1. The zero-order valence-corrected chi connectivity index (χ0v) is 14.4. The monoisotopic (exact) mass is 351 g/mol. The molecule has 0 spiro atoms. The van der Waals surface area contributed by atoms with Crippen molar-refractivity contribution < 1.29 is 14.7 Å². The molecule has 2 N–H and O–H groups in total. The lowest BCUT2D eigenvalue weighted by Crippen LogP contribution is -2.48. The van der Waals surface area contributed by atoms with Gasteiger partial charge in [0.25, 0.3) is 5.91 Å². The number of carboxylic acids is 1. The van der Waals surface area contributed by atoms with Crippen LogP contribution in [0.1, 0.15) is 33.1 Å². The fourth-order valence-corrected chi connectivity index (χ4v) is 3.20. The molecule has 1 atom stereocenters. The Labute approximate surface area is 148 Å². The molecule has 8 heteroatoms. The molecular weight excluding hydrogens is 334 g/mol. The summed E-state index contributed by atoms with van der Waals surface area (Å²) in [5.41, 5.74) is 4.80. The number of nitrogens with zero attached hydrogens (tertiary/aromatic N) is 4. The highest BCUT2D eigenvalue weighted by Gasteiger charge is 2.36. The number of hydrogen-bond donors (Lipinski definition) is 2. The molecule has 132 valence electrons. The van der Waals surface area contributed by atoms with Crippen LogP contribution in [0.2, 0.25) is 0 Å². The molecule has 0 fully saturated rings. The number of aromatic nitrogens is 4. The van der Waals surface area contributed by atoms with Crippen LogP contribution in [0.3, 0.4) is 0 Å². The van der Waals surface area contributed by atoms with Crippen molar-refractivity contribution in [2.24, 2.45) is 0 Å². The van der Waals surface area contributed by atoms with Crippen molar-refractivity contribution in [1.82, 2.24) is 24.8 Å². The maximum Gasteiger partial charge on any atom is 0.326 e. The van der Waals surface area contributed by atoms with E-state index in [0.29, 0.717) is 22.3 Å². The van der Waals surface area contributed by atoms with E-state index >= 15 is 0 Å². The zero-order chi connectivity index (χ0) is 18.4. The fraction of sp³-hybridized carbons (Fsp3) is 0.278. The lowest BCUT2D eigenvalue weighted by atomic mass is 10.0. The number of nitrogens with one attached hydrogen (secondary N) is 1. The number of hydrogen-bond acceptors (Lipinski definition) is 5. The van der Waals surface area contributed by atoms with Gasteiger partial charge in [-0.3, -0.25) is 4.79 Å². The Morgan fingerprint density at radius 1 is 1.19 bits per heavy atom. The van der Waals surface area contributed by atoms with Gasteiger partial charge in [-0.1, -0.05) is 0 Å². The number of carbonyl (C=O) groups excluding carboxylic acids is 1. The van der Waals surface area contributed by atoms with E-state index in [0.717, 1.165) is 17.1 Å². The molecule has 1 aliphatic heterocycles. The number of aromatic amines is 1. The molecule has 3 heterocycles. The number of carbonyl (C=O) groups is 2. The largest absolute Gasteiger partial charge is 0.480 e.